The second-order valence-electron chi connectivity index (χ2n) is 4.36. The molecule has 2 fully saturated rings. The normalized spacial score (nSPS) is 33.5. The van der Waals surface area contributed by atoms with Gasteiger partial charge in [0, 0.05) is 18.3 Å². The topological polar surface area (TPSA) is 46.5 Å². The molecule has 0 bridgehead atoms. The molecule has 4 heteroatoms. The fraction of sp³-hybridized carbons (Fsp3) is 0.909. The number of carboxylic acids is 1. The number of fused-ring (bicyclic) bond motifs is 1. The molecule has 1 heterocycles. The lowest BCUT2D eigenvalue weighted by Gasteiger charge is -2.20. The number of rotatable bonds is 6. The zero-order valence-electron chi connectivity index (χ0n) is 8.91. The van der Waals surface area contributed by atoms with Crippen molar-refractivity contribution in [3.05, 3.63) is 0 Å². The molecule has 0 aromatic heterocycles. The van der Waals surface area contributed by atoms with Crippen LogP contribution in [0.3, 0.4) is 0 Å². The number of carboxylic acid groups (broad SMARTS) is 1. The Morgan fingerprint density at radius 3 is 3.07 bits per heavy atom. The van der Waals surface area contributed by atoms with Crippen LogP contribution in [0.4, 0.5) is 0 Å². The number of thioether (sulfide) groups is 1. The summed E-state index contributed by atoms with van der Waals surface area (Å²) in [5.74, 6) is -0.704. The number of hydrogen-bond acceptors (Lipinski definition) is 3. The quantitative estimate of drug-likeness (QED) is 0.563. The van der Waals surface area contributed by atoms with E-state index in [0.717, 1.165) is 24.7 Å². The minimum Gasteiger partial charge on any atom is -0.481 e. The molecule has 2 unspecified atom stereocenters. The van der Waals surface area contributed by atoms with Gasteiger partial charge >= 0.3 is 5.97 Å². The largest absolute Gasteiger partial charge is 0.481 e. The van der Waals surface area contributed by atoms with Gasteiger partial charge in [0.1, 0.15) is 4.93 Å². The van der Waals surface area contributed by atoms with Crippen molar-refractivity contribution in [1.29, 1.82) is 0 Å². The molecule has 0 radical (unpaired) electrons. The number of carbonyl (C=O) groups is 1. The molecule has 3 nitrogen and oxygen atoms in total. The second-order valence-corrected chi connectivity index (χ2v) is 5.86. The van der Waals surface area contributed by atoms with Crippen LogP contribution in [0, 0.1) is 0 Å². The van der Waals surface area contributed by atoms with Gasteiger partial charge in [-0.1, -0.05) is 6.42 Å². The van der Waals surface area contributed by atoms with E-state index in [2.05, 4.69) is 0 Å². The maximum atomic E-state index is 10.3. The first kappa shape index (κ1) is 11.3. The third-order valence-electron chi connectivity index (χ3n) is 3.15. The van der Waals surface area contributed by atoms with Crippen molar-refractivity contribution in [3.63, 3.8) is 0 Å². The number of ether oxygens (including phenoxy) is 1. The highest BCUT2D eigenvalue weighted by atomic mass is 32.2. The summed E-state index contributed by atoms with van der Waals surface area (Å²) in [6.07, 6.45) is 7.02. The number of aliphatic carboxylic acids is 1. The fourth-order valence-corrected chi connectivity index (χ4v) is 3.64. The molecule has 1 saturated carbocycles. The lowest BCUT2D eigenvalue weighted by Crippen LogP contribution is -2.23. The first-order valence-electron chi connectivity index (χ1n) is 5.76. The predicted molar refractivity (Wildman–Crippen MR) is 60.0 cm³/mol. The van der Waals surface area contributed by atoms with Crippen LogP contribution < -0.4 is 0 Å². The average Bonchev–Trinajstić information content (AvgIpc) is 2.91. The van der Waals surface area contributed by atoms with Gasteiger partial charge in [0.15, 0.2) is 0 Å². The molecule has 1 N–H and O–H groups in total. The smallest absolute Gasteiger partial charge is 0.303 e. The molecule has 0 aromatic rings. The number of hydrogen-bond donors (Lipinski definition) is 1. The van der Waals surface area contributed by atoms with E-state index in [1.165, 1.54) is 25.7 Å². The Labute approximate surface area is 94.6 Å². The van der Waals surface area contributed by atoms with E-state index in [1.54, 1.807) is 0 Å². The molecule has 15 heavy (non-hydrogen) atoms. The molecular formula is C11H18O3S. The van der Waals surface area contributed by atoms with Crippen molar-refractivity contribution < 1.29 is 14.6 Å². The molecule has 0 spiro atoms. The van der Waals surface area contributed by atoms with Gasteiger partial charge in [-0.15, -0.1) is 11.8 Å². The SMILES string of the molecule is O=C(O)CCCCOC12CCCCC1S2. The van der Waals surface area contributed by atoms with Crippen molar-refractivity contribution in [2.24, 2.45) is 0 Å². The third kappa shape index (κ3) is 2.88. The van der Waals surface area contributed by atoms with Crippen molar-refractivity contribution in [2.75, 3.05) is 6.61 Å². The summed E-state index contributed by atoms with van der Waals surface area (Å²) in [4.78, 5) is 10.4. The van der Waals surface area contributed by atoms with E-state index in [9.17, 15) is 4.79 Å². The molecular weight excluding hydrogens is 212 g/mol. The molecule has 2 rings (SSSR count). The van der Waals surface area contributed by atoms with Crippen molar-refractivity contribution in [1.82, 2.24) is 0 Å². The van der Waals surface area contributed by atoms with Gasteiger partial charge in [-0.2, -0.15) is 0 Å². The van der Waals surface area contributed by atoms with Crippen LogP contribution in [0.25, 0.3) is 0 Å². The van der Waals surface area contributed by atoms with Crippen LogP contribution >= 0.6 is 11.8 Å². The van der Waals surface area contributed by atoms with Crippen LogP contribution in [-0.2, 0) is 9.53 Å². The summed E-state index contributed by atoms with van der Waals surface area (Å²) in [7, 11) is 0. The third-order valence-corrected chi connectivity index (χ3v) is 4.80. The van der Waals surface area contributed by atoms with Gasteiger partial charge in [0.05, 0.1) is 0 Å². The second kappa shape index (κ2) is 4.74. The molecule has 86 valence electrons. The minimum absolute atomic E-state index is 0.154. The highest BCUT2D eigenvalue weighted by Gasteiger charge is 2.57. The minimum atomic E-state index is -0.704. The Bertz CT molecular complexity index is 244. The Kier molecular flexibility index (Phi) is 3.57. The lowest BCUT2D eigenvalue weighted by atomic mass is 9.98. The fourth-order valence-electron chi connectivity index (χ4n) is 2.23. The molecule has 2 atom stereocenters. The summed E-state index contributed by atoms with van der Waals surface area (Å²) >= 11 is 1.97. The van der Waals surface area contributed by atoms with Gasteiger partial charge in [0.2, 0.25) is 0 Å². The maximum Gasteiger partial charge on any atom is 0.303 e. The van der Waals surface area contributed by atoms with Crippen molar-refractivity contribution in [3.8, 4) is 0 Å². The molecule has 1 aliphatic carbocycles. The van der Waals surface area contributed by atoms with Gasteiger partial charge in [-0.25, -0.2) is 0 Å². The van der Waals surface area contributed by atoms with Crippen LogP contribution in [-0.4, -0.2) is 27.9 Å². The van der Waals surface area contributed by atoms with E-state index in [0.29, 0.717) is 0 Å². The maximum absolute atomic E-state index is 10.3. The Balaban J connectivity index is 1.57. The lowest BCUT2D eigenvalue weighted by molar-refractivity contribution is -0.137. The van der Waals surface area contributed by atoms with E-state index in [-0.39, 0.29) is 11.4 Å². The van der Waals surface area contributed by atoms with Crippen molar-refractivity contribution in [2.45, 2.75) is 55.1 Å². The monoisotopic (exact) mass is 230 g/mol. The zero-order chi connectivity index (χ0) is 10.7. The Morgan fingerprint density at radius 1 is 1.47 bits per heavy atom. The summed E-state index contributed by atoms with van der Waals surface area (Å²) in [5.41, 5.74) is 0. The first-order chi connectivity index (χ1) is 7.23. The standard InChI is InChI=1S/C11H18O3S/c12-10(13)6-2-4-8-14-11-7-3-1-5-9(11)15-11/h9H,1-8H2,(H,12,13). The van der Waals surface area contributed by atoms with E-state index >= 15 is 0 Å². The Hall–Kier alpha value is -0.220. The van der Waals surface area contributed by atoms with E-state index in [4.69, 9.17) is 9.84 Å². The summed E-state index contributed by atoms with van der Waals surface area (Å²) in [5, 5.41) is 9.22. The summed E-state index contributed by atoms with van der Waals surface area (Å²) in [6, 6.07) is 0. The van der Waals surface area contributed by atoms with Gasteiger partial charge < -0.3 is 9.84 Å². The Morgan fingerprint density at radius 2 is 2.33 bits per heavy atom. The highest BCUT2D eigenvalue weighted by molar-refractivity contribution is 8.08. The van der Waals surface area contributed by atoms with Crippen LogP contribution in [0.15, 0.2) is 0 Å². The van der Waals surface area contributed by atoms with E-state index < -0.39 is 5.97 Å². The number of unbranched alkanes of at least 4 members (excludes halogenated alkanes) is 1. The predicted octanol–water partition coefficient (Wildman–Crippen LogP) is 2.64. The molecule has 1 aliphatic heterocycles. The molecule has 1 saturated heterocycles. The molecule has 2 aliphatic rings. The summed E-state index contributed by atoms with van der Waals surface area (Å²) < 4.78 is 5.90. The highest BCUT2D eigenvalue weighted by Crippen LogP contribution is 2.62. The molecule has 0 aromatic carbocycles. The van der Waals surface area contributed by atoms with Crippen LogP contribution in [0.2, 0.25) is 0 Å². The zero-order valence-corrected chi connectivity index (χ0v) is 9.72. The van der Waals surface area contributed by atoms with Crippen molar-refractivity contribution >= 4 is 17.7 Å². The van der Waals surface area contributed by atoms with Gasteiger partial charge in [0.25, 0.3) is 0 Å². The van der Waals surface area contributed by atoms with Crippen LogP contribution in [0.1, 0.15) is 44.9 Å². The van der Waals surface area contributed by atoms with Crippen LogP contribution in [0.5, 0.6) is 0 Å². The van der Waals surface area contributed by atoms with Gasteiger partial charge in [-0.3, -0.25) is 4.79 Å². The first-order valence-corrected chi connectivity index (χ1v) is 6.64. The average molecular weight is 230 g/mol. The molecule has 0 amide bonds. The summed E-state index contributed by atoms with van der Waals surface area (Å²) in [6.45, 7) is 0.733. The van der Waals surface area contributed by atoms with E-state index in [1.807, 2.05) is 11.8 Å². The van der Waals surface area contributed by atoms with Gasteiger partial charge in [-0.05, 0) is 32.1 Å².